The Bertz CT molecular complexity index is 463. The number of pyridine rings is 1. The Balaban J connectivity index is 2.57. The summed E-state index contributed by atoms with van der Waals surface area (Å²) in [5.41, 5.74) is 0.644. The highest BCUT2D eigenvalue weighted by Crippen LogP contribution is 2.17. The summed E-state index contributed by atoms with van der Waals surface area (Å²) in [7, 11) is 0. The molecule has 19 heavy (non-hydrogen) atoms. The van der Waals surface area contributed by atoms with Crippen LogP contribution in [0.5, 0.6) is 0 Å². The lowest BCUT2D eigenvalue weighted by Gasteiger charge is -2.23. The summed E-state index contributed by atoms with van der Waals surface area (Å²) < 4.78 is 14.3. The number of rotatable bonds is 5. The molecule has 2 N–H and O–H groups in total. The number of hydrogen-bond donors (Lipinski definition) is 2. The predicted molar refractivity (Wildman–Crippen MR) is 75.8 cm³/mol. The molecule has 7 heteroatoms. The van der Waals surface area contributed by atoms with E-state index < -0.39 is 17.3 Å². The first-order valence-electron chi connectivity index (χ1n) is 5.75. The molecule has 0 aliphatic rings. The predicted octanol–water partition coefficient (Wildman–Crippen LogP) is 2.03. The van der Waals surface area contributed by atoms with Gasteiger partial charge < -0.3 is 9.66 Å². The van der Waals surface area contributed by atoms with Crippen molar-refractivity contribution in [3.63, 3.8) is 0 Å². The minimum Gasteiger partial charge on any atom is -0.598 e. The Labute approximate surface area is 120 Å². The van der Waals surface area contributed by atoms with E-state index in [1.807, 2.05) is 20.8 Å². The van der Waals surface area contributed by atoms with Gasteiger partial charge in [0.1, 0.15) is 4.75 Å². The first-order valence-corrected chi connectivity index (χ1v) is 7.27. The molecule has 1 atom stereocenters. The van der Waals surface area contributed by atoms with Crippen LogP contribution in [0.1, 0.15) is 36.8 Å². The molecular formula is C12H17ClN2O3S. The number of nitrogens with one attached hydrogen (secondary N) is 1. The van der Waals surface area contributed by atoms with Gasteiger partial charge in [0.15, 0.2) is 0 Å². The molecule has 5 nitrogen and oxygen atoms in total. The van der Waals surface area contributed by atoms with Crippen molar-refractivity contribution < 1.29 is 14.5 Å². The number of carbonyl (C=O) groups is 1. The summed E-state index contributed by atoms with van der Waals surface area (Å²) in [6.45, 7) is 6.10. The molecule has 1 rings (SSSR count). The lowest BCUT2D eigenvalue weighted by atomic mass is 10.2. The Morgan fingerprint density at radius 3 is 2.68 bits per heavy atom. The second-order valence-electron chi connectivity index (χ2n) is 4.98. The largest absolute Gasteiger partial charge is 0.598 e. The van der Waals surface area contributed by atoms with E-state index in [0.717, 1.165) is 0 Å². The molecule has 0 radical (unpaired) electrons. The molecular weight excluding hydrogens is 288 g/mol. The molecule has 106 valence electrons. The van der Waals surface area contributed by atoms with Gasteiger partial charge in [-0.15, -0.1) is 4.72 Å². The van der Waals surface area contributed by atoms with E-state index in [1.54, 1.807) is 0 Å². The second-order valence-corrected chi connectivity index (χ2v) is 7.44. The Morgan fingerprint density at radius 1 is 1.58 bits per heavy atom. The number of halogens is 1. The highest BCUT2D eigenvalue weighted by molar-refractivity contribution is 7.90. The molecule has 1 heterocycles. The van der Waals surface area contributed by atoms with Crippen molar-refractivity contribution in [2.45, 2.75) is 31.9 Å². The number of carboxylic acids is 1. The van der Waals surface area contributed by atoms with Crippen molar-refractivity contribution in [3.8, 4) is 0 Å². The van der Waals surface area contributed by atoms with Crippen LogP contribution in [0.3, 0.4) is 0 Å². The molecule has 0 unspecified atom stereocenters. The van der Waals surface area contributed by atoms with Crippen molar-refractivity contribution in [1.29, 1.82) is 0 Å². The third-order valence-corrected chi connectivity index (χ3v) is 4.22. The summed E-state index contributed by atoms with van der Waals surface area (Å²) in [5.74, 6) is -1.06. The average molecular weight is 305 g/mol. The lowest BCUT2D eigenvalue weighted by Crippen LogP contribution is -2.40. The molecule has 0 bridgehead atoms. The fourth-order valence-electron chi connectivity index (χ4n) is 1.25. The van der Waals surface area contributed by atoms with Crippen molar-refractivity contribution >= 4 is 28.9 Å². The summed E-state index contributed by atoms with van der Waals surface area (Å²) >= 11 is 4.80. The van der Waals surface area contributed by atoms with Gasteiger partial charge in [-0.1, -0.05) is 11.6 Å². The zero-order valence-corrected chi connectivity index (χ0v) is 12.6. The third-order valence-electron chi connectivity index (χ3n) is 2.32. The fraction of sp³-hybridized carbons (Fsp3) is 0.500. The summed E-state index contributed by atoms with van der Waals surface area (Å²) in [6, 6.07) is 1.37. The smallest absolute Gasteiger partial charge is 0.337 e. The highest BCUT2D eigenvalue weighted by atomic mass is 35.5. The topological polar surface area (TPSA) is 85.3 Å². The Morgan fingerprint density at radius 2 is 2.21 bits per heavy atom. The van der Waals surface area contributed by atoms with E-state index in [4.69, 9.17) is 16.7 Å². The summed E-state index contributed by atoms with van der Waals surface area (Å²) in [4.78, 5) is 14.7. The number of nitrogens with zero attached hydrogens (tertiary/aromatic N) is 1. The van der Waals surface area contributed by atoms with E-state index in [-0.39, 0.29) is 10.3 Å². The number of aromatic nitrogens is 1. The van der Waals surface area contributed by atoms with Gasteiger partial charge >= 0.3 is 5.97 Å². The molecule has 1 aromatic rings. The van der Waals surface area contributed by atoms with Gasteiger partial charge in [0, 0.05) is 30.5 Å². The summed E-state index contributed by atoms with van der Waals surface area (Å²) in [6.07, 6.45) is 1.75. The first-order chi connectivity index (χ1) is 8.71. The van der Waals surface area contributed by atoms with Crippen LogP contribution in [-0.2, 0) is 17.8 Å². The maximum Gasteiger partial charge on any atom is 0.337 e. The maximum absolute atomic E-state index is 11.8. The van der Waals surface area contributed by atoms with Crippen LogP contribution in [0.15, 0.2) is 12.3 Å². The molecule has 0 aliphatic heterocycles. The molecule has 0 spiro atoms. The number of hydrogen-bond acceptors (Lipinski definition) is 4. The lowest BCUT2D eigenvalue weighted by molar-refractivity contribution is 0.0696. The van der Waals surface area contributed by atoms with Crippen molar-refractivity contribution in [3.05, 3.63) is 28.5 Å². The third kappa shape index (κ3) is 4.99. The molecule has 0 amide bonds. The van der Waals surface area contributed by atoms with Crippen LogP contribution in [-0.4, -0.2) is 31.9 Å². The zero-order chi connectivity index (χ0) is 14.6. The van der Waals surface area contributed by atoms with E-state index in [0.29, 0.717) is 23.7 Å². The second kappa shape index (κ2) is 6.56. The van der Waals surface area contributed by atoms with Crippen LogP contribution in [0.25, 0.3) is 0 Å². The highest BCUT2D eigenvalue weighted by Gasteiger charge is 2.25. The van der Waals surface area contributed by atoms with Crippen LogP contribution >= 0.6 is 11.6 Å². The van der Waals surface area contributed by atoms with E-state index in [2.05, 4.69) is 9.71 Å². The number of aromatic carboxylic acids is 1. The maximum atomic E-state index is 11.8. The monoisotopic (exact) mass is 304 g/mol. The molecule has 0 fully saturated rings. The quantitative estimate of drug-likeness (QED) is 0.813. The molecule has 0 saturated heterocycles. The van der Waals surface area contributed by atoms with Crippen LogP contribution in [0, 0.1) is 0 Å². The van der Waals surface area contributed by atoms with Crippen LogP contribution in [0.2, 0.25) is 5.02 Å². The van der Waals surface area contributed by atoms with Gasteiger partial charge in [-0.25, -0.2) is 4.79 Å². The van der Waals surface area contributed by atoms with Crippen LogP contribution < -0.4 is 4.72 Å². The SMILES string of the molecule is CC(C)(C)[S@@+]([O-])NCCc1ncc(C(=O)O)cc1Cl. The molecule has 1 aromatic heterocycles. The number of carboxylic acid groups (broad SMARTS) is 1. The van der Waals surface area contributed by atoms with Gasteiger partial charge in [-0.3, -0.25) is 4.98 Å². The minimum atomic E-state index is -1.14. The standard InChI is InChI=1S/C12H17ClN2O3S/c1-12(2,3)19(18)15-5-4-10-9(13)6-8(7-14-10)11(16)17/h6-7,15H,4-5H2,1-3H3,(H,16,17)/t19-/m1/s1. The first kappa shape index (κ1) is 16.2. The van der Waals surface area contributed by atoms with E-state index in [1.165, 1.54) is 12.3 Å². The molecule has 0 saturated carbocycles. The van der Waals surface area contributed by atoms with Crippen molar-refractivity contribution in [2.75, 3.05) is 6.54 Å². The van der Waals surface area contributed by atoms with Crippen LogP contribution in [0.4, 0.5) is 0 Å². The minimum absolute atomic E-state index is 0.0555. The van der Waals surface area contributed by atoms with Gasteiger partial charge in [-0.2, -0.15) is 0 Å². The summed E-state index contributed by atoms with van der Waals surface area (Å²) in [5, 5.41) is 9.10. The Hall–Kier alpha value is -0.820. The Kier molecular flexibility index (Phi) is 5.61. The van der Waals surface area contributed by atoms with Crippen molar-refractivity contribution in [2.24, 2.45) is 0 Å². The van der Waals surface area contributed by atoms with Gasteiger partial charge in [0.2, 0.25) is 0 Å². The van der Waals surface area contributed by atoms with Gasteiger partial charge in [0.05, 0.1) is 16.3 Å². The normalized spacial score (nSPS) is 13.3. The van der Waals surface area contributed by atoms with E-state index >= 15 is 0 Å². The zero-order valence-electron chi connectivity index (χ0n) is 11.1. The fourth-order valence-corrected chi connectivity index (χ4v) is 2.23. The molecule has 0 aromatic carbocycles. The van der Waals surface area contributed by atoms with Gasteiger partial charge in [-0.05, 0) is 26.8 Å². The van der Waals surface area contributed by atoms with Gasteiger partial charge in [0.25, 0.3) is 0 Å². The van der Waals surface area contributed by atoms with E-state index in [9.17, 15) is 9.35 Å². The molecule has 0 aliphatic carbocycles. The average Bonchev–Trinajstić information content (AvgIpc) is 2.29. The van der Waals surface area contributed by atoms with Crippen molar-refractivity contribution in [1.82, 2.24) is 9.71 Å².